The number of ether oxygens (including phenoxy) is 1. The average molecular weight is 508 g/mol. The van der Waals surface area contributed by atoms with Crippen LogP contribution >= 0.6 is 0 Å². The van der Waals surface area contributed by atoms with Gasteiger partial charge in [-0.3, -0.25) is 0 Å². The van der Waals surface area contributed by atoms with Crippen LogP contribution in [0.4, 0.5) is 14.6 Å². The molecule has 4 aromatic rings. The highest BCUT2D eigenvalue weighted by Gasteiger charge is 2.24. The van der Waals surface area contributed by atoms with E-state index in [9.17, 15) is 8.78 Å². The molecule has 0 atom stereocenters. The molecule has 0 amide bonds. The Balaban J connectivity index is 1.51. The predicted molar refractivity (Wildman–Crippen MR) is 139 cm³/mol. The first-order chi connectivity index (χ1) is 17.8. The molecule has 0 fully saturated rings. The van der Waals surface area contributed by atoms with Gasteiger partial charge in [0.25, 0.3) is 6.43 Å². The molecular formula is C27H31F2N7O. The summed E-state index contributed by atoms with van der Waals surface area (Å²) in [5.74, 6) is 2.42. The molecule has 0 aliphatic carbocycles. The Kier molecular flexibility index (Phi) is 7.01. The summed E-state index contributed by atoms with van der Waals surface area (Å²) >= 11 is 0. The number of imidazole rings is 1. The minimum atomic E-state index is -2.42. The number of aromatic amines is 1. The van der Waals surface area contributed by atoms with Crippen molar-refractivity contribution in [3.63, 3.8) is 0 Å². The van der Waals surface area contributed by atoms with Crippen molar-refractivity contribution in [2.24, 2.45) is 0 Å². The minimum Gasteiger partial charge on any atom is -0.491 e. The van der Waals surface area contributed by atoms with E-state index in [1.54, 1.807) is 6.33 Å². The van der Waals surface area contributed by atoms with E-state index in [1.807, 2.05) is 13.1 Å². The molecule has 37 heavy (non-hydrogen) atoms. The number of alkyl halides is 2. The van der Waals surface area contributed by atoms with Crippen molar-refractivity contribution in [3.8, 4) is 16.9 Å². The van der Waals surface area contributed by atoms with Crippen molar-refractivity contribution in [1.29, 1.82) is 0 Å². The molecule has 1 aliphatic heterocycles. The van der Waals surface area contributed by atoms with Gasteiger partial charge in [-0.1, -0.05) is 13.8 Å². The van der Waals surface area contributed by atoms with E-state index in [2.05, 4.69) is 69.1 Å². The van der Waals surface area contributed by atoms with Gasteiger partial charge in [0, 0.05) is 35.1 Å². The van der Waals surface area contributed by atoms with E-state index in [0.717, 1.165) is 50.6 Å². The zero-order valence-electron chi connectivity index (χ0n) is 21.5. The van der Waals surface area contributed by atoms with Gasteiger partial charge in [0.05, 0.1) is 31.5 Å². The van der Waals surface area contributed by atoms with Gasteiger partial charge in [0.1, 0.15) is 24.0 Å². The summed E-state index contributed by atoms with van der Waals surface area (Å²) in [6.07, 6.45) is 1.06. The van der Waals surface area contributed by atoms with E-state index in [0.29, 0.717) is 31.2 Å². The molecule has 0 radical (unpaired) electrons. The van der Waals surface area contributed by atoms with Crippen LogP contribution in [-0.4, -0.2) is 51.0 Å². The zero-order chi connectivity index (χ0) is 26.1. The topological polar surface area (TPSA) is 91.9 Å². The first-order valence-corrected chi connectivity index (χ1v) is 12.5. The number of hydrogen-bond donors (Lipinski definition) is 2. The fraction of sp³-hybridized carbons (Fsp3) is 0.407. The van der Waals surface area contributed by atoms with Crippen LogP contribution in [0.3, 0.4) is 0 Å². The van der Waals surface area contributed by atoms with Gasteiger partial charge in [-0.2, -0.15) is 0 Å². The number of halogens is 2. The zero-order valence-corrected chi connectivity index (χ0v) is 21.5. The van der Waals surface area contributed by atoms with E-state index in [1.165, 1.54) is 0 Å². The Morgan fingerprint density at radius 3 is 2.73 bits per heavy atom. The highest BCUT2D eigenvalue weighted by Crippen LogP contribution is 2.36. The molecule has 5 rings (SSSR count). The molecule has 0 saturated carbocycles. The summed E-state index contributed by atoms with van der Waals surface area (Å²) in [6.45, 7) is 9.80. The Hall–Kier alpha value is -3.66. The molecule has 0 saturated heterocycles. The van der Waals surface area contributed by atoms with Crippen LogP contribution in [0, 0.1) is 13.8 Å². The molecule has 4 heterocycles. The molecule has 0 spiro atoms. The van der Waals surface area contributed by atoms with Gasteiger partial charge in [0.15, 0.2) is 5.65 Å². The quantitative estimate of drug-likeness (QED) is 0.367. The number of nitrogens with one attached hydrogen (secondary N) is 2. The van der Waals surface area contributed by atoms with E-state index in [-0.39, 0.29) is 12.5 Å². The smallest absolute Gasteiger partial charge is 0.250 e. The third-order valence-corrected chi connectivity index (χ3v) is 6.55. The molecule has 0 bridgehead atoms. The molecule has 0 unspecified atom stereocenters. The fourth-order valence-corrected chi connectivity index (χ4v) is 4.96. The van der Waals surface area contributed by atoms with Crippen LogP contribution in [-0.2, 0) is 13.1 Å². The third kappa shape index (κ3) is 5.24. The van der Waals surface area contributed by atoms with E-state index in [4.69, 9.17) is 9.72 Å². The number of rotatable bonds is 7. The van der Waals surface area contributed by atoms with Gasteiger partial charge in [-0.25, -0.2) is 28.7 Å². The minimum absolute atomic E-state index is 0.184. The number of pyridine rings is 1. The monoisotopic (exact) mass is 507 g/mol. The Morgan fingerprint density at radius 1 is 1.11 bits per heavy atom. The van der Waals surface area contributed by atoms with Gasteiger partial charge in [-0.05, 0) is 49.1 Å². The summed E-state index contributed by atoms with van der Waals surface area (Å²) < 4.78 is 31.5. The fourth-order valence-electron chi connectivity index (χ4n) is 4.96. The summed E-state index contributed by atoms with van der Waals surface area (Å²) in [7, 11) is 0. The van der Waals surface area contributed by atoms with E-state index >= 15 is 0 Å². The lowest BCUT2D eigenvalue weighted by Gasteiger charge is -2.27. The van der Waals surface area contributed by atoms with Crippen LogP contribution in [0.5, 0.6) is 5.75 Å². The highest BCUT2D eigenvalue weighted by molar-refractivity contribution is 5.78. The van der Waals surface area contributed by atoms with Crippen LogP contribution in [0.1, 0.15) is 48.0 Å². The highest BCUT2D eigenvalue weighted by atomic mass is 19.3. The van der Waals surface area contributed by atoms with Gasteiger partial charge in [-0.15, -0.1) is 0 Å². The number of hydrogen-bond acceptors (Lipinski definition) is 7. The predicted octanol–water partition coefficient (Wildman–Crippen LogP) is 4.91. The Bertz CT molecular complexity index is 1420. The van der Waals surface area contributed by atoms with E-state index < -0.39 is 13.0 Å². The maximum absolute atomic E-state index is 12.7. The normalized spacial score (nSPS) is 13.8. The molecule has 3 aromatic heterocycles. The van der Waals surface area contributed by atoms with Crippen LogP contribution in [0.2, 0.25) is 0 Å². The van der Waals surface area contributed by atoms with Gasteiger partial charge < -0.3 is 19.9 Å². The summed E-state index contributed by atoms with van der Waals surface area (Å²) in [4.78, 5) is 23.5. The van der Waals surface area contributed by atoms with Crippen LogP contribution in [0.15, 0.2) is 30.7 Å². The Morgan fingerprint density at radius 2 is 1.95 bits per heavy atom. The molecule has 1 aromatic carbocycles. The number of aromatic nitrogens is 5. The number of anilines is 1. The largest absolute Gasteiger partial charge is 0.491 e. The van der Waals surface area contributed by atoms with Crippen molar-refractivity contribution < 1.29 is 13.5 Å². The molecule has 194 valence electrons. The summed E-state index contributed by atoms with van der Waals surface area (Å²) in [6, 6.07) is 6.32. The molecule has 8 nitrogen and oxygen atoms in total. The lowest BCUT2D eigenvalue weighted by Crippen LogP contribution is -2.29. The second-order valence-corrected chi connectivity index (χ2v) is 9.69. The van der Waals surface area contributed by atoms with Gasteiger partial charge in [0.2, 0.25) is 0 Å². The number of aryl methyl sites for hydroxylation is 2. The second-order valence-electron chi connectivity index (χ2n) is 9.69. The third-order valence-electron chi connectivity index (χ3n) is 6.55. The lowest BCUT2D eigenvalue weighted by atomic mass is 9.99. The van der Waals surface area contributed by atoms with Crippen molar-refractivity contribution >= 4 is 17.0 Å². The first-order valence-electron chi connectivity index (χ1n) is 12.5. The number of benzene rings is 1. The van der Waals surface area contributed by atoms with Gasteiger partial charge >= 0.3 is 0 Å². The maximum atomic E-state index is 12.7. The number of fused-ring (bicyclic) bond motifs is 2. The van der Waals surface area contributed by atoms with Crippen LogP contribution in [0.25, 0.3) is 22.3 Å². The molecule has 2 N–H and O–H groups in total. The number of H-pyrrole nitrogens is 1. The first kappa shape index (κ1) is 25.0. The lowest BCUT2D eigenvalue weighted by molar-refractivity contribution is 0.145. The molecular weight excluding hydrogens is 476 g/mol. The van der Waals surface area contributed by atoms with Crippen molar-refractivity contribution in [1.82, 2.24) is 30.2 Å². The molecule has 10 heteroatoms. The molecule has 1 aliphatic rings. The number of nitrogens with zero attached hydrogens (tertiary/aromatic N) is 5. The summed E-state index contributed by atoms with van der Waals surface area (Å²) in [5.41, 5.74) is 7.64. The summed E-state index contributed by atoms with van der Waals surface area (Å²) in [5, 5.41) is 2.75. The second kappa shape index (κ2) is 10.4. The van der Waals surface area contributed by atoms with Crippen molar-refractivity contribution in [3.05, 3.63) is 58.9 Å². The SMILES string of the molecule is Cc1cc(-c2cnc3nc[nH]c3c2)cc2c1OCCN(c1nc(CNCC(F)F)nc(C)c1C(C)C)C2. The standard InChI is InChI=1S/C27H31F2N7O/c1-15(2)24-17(4)34-23(12-30-11-22(28)29)35-27(24)36-5-6-37-25-16(3)7-18(8-20(25)13-36)19-9-21-26(31-10-19)33-14-32-21/h7-10,14-15,22,30H,5-6,11-13H2,1-4H3,(H,31,32,33). The average Bonchev–Trinajstić information content (AvgIpc) is 3.20. The van der Waals surface area contributed by atoms with Crippen molar-refractivity contribution in [2.45, 2.75) is 53.1 Å². The van der Waals surface area contributed by atoms with Crippen molar-refractivity contribution in [2.75, 3.05) is 24.6 Å². The maximum Gasteiger partial charge on any atom is 0.250 e. The van der Waals surface area contributed by atoms with Crippen LogP contribution < -0.4 is 15.0 Å². The Labute approximate surface area is 214 Å².